The van der Waals surface area contributed by atoms with Crippen LogP contribution >= 0.6 is 11.6 Å². The number of benzene rings is 1. The van der Waals surface area contributed by atoms with Crippen LogP contribution in [0.1, 0.15) is 22.8 Å². The van der Waals surface area contributed by atoms with E-state index in [2.05, 4.69) is 19.9 Å². The number of pyridine rings is 2. The highest BCUT2D eigenvalue weighted by Crippen LogP contribution is 2.27. The van der Waals surface area contributed by atoms with Gasteiger partial charge in [-0.05, 0) is 48.9 Å². The molecule has 0 unspecified atom stereocenters. The van der Waals surface area contributed by atoms with Crippen LogP contribution in [0.3, 0.4) is 0 Å². The molecule has 0 saturated carbocycles. The molecule has 6 nitrogen and oxygen atoms in total. The van der Waals surface area contributed by atoms with Gasteiger partial charge >= 0.3 is 0 Å². The predicted molar refractivity (Wildman–Crippen MR) is 112 cm³/mol. The van der Waals surface area contributed by atoms with Crippen LogP contribution in [0.4, 0.5) is 0 Å². The molecule has 4 aromatic rings. The molecular formula is C22H18ClN5O. The molecule has 3 aromatic heterocycles. The van der Waals surface area contributed by atoms with E-state index in [0.717, 1.165) is 16.5 Å². The normalized spacial score (nSPS) is 10.8. The number of halogens is 1. The molecule has 0 aliphatic heterocycles. The van der Waals surface area contributed by atoms with Crippen molar-refractivity contribution in [3.05, 3.63) is 83.7 Å². The van der Waals surface area contributed by atoms with Crippen LogP contribution in [-0.2, 0) is 6.54 Å². The summed E-state index contributed by atoms with van der Waals surface area (Å²) < 4.78 is 0. The zero-order valence-electron chi connectivity index (χ0n) is 15.8. The second-order valence-electron chi connectivity index (χ2n) is 6.52. The molecule has 0 fully saturated rings. The zero-order chi connectivity index (χ0) is 20.2. The fourth-order valence-electron chi connectivity index (χ4n) is 3.16. The molecule has 1 amide bonds. The Morgan fingerprint density at radius 2 is 1.79 bits per heavy atom. The first-order valence-corrected chi connectivity index (χ1v) is 9.57. The first-order valence-electron chi connectivity index (χ1n) is 9.19. The summed E-state index contributed by atoms with van der Waals surface area (Å²) in [6.07, 6.45) is 8.27. The largest absolute Gasteiger partial charge is 0.335 e. The zero-order valence-corrected chi connectivity index (χ0v) is 16.5. The molecule has 0 aliphatic carbocycles. The Balaban J connectivity index is 1.81. The third-order valence-electron chi connectivity index (χ3n) is 4.65. The van der Waals surface area contributed by atoms with Gasteiger partial charge in [-0.25, -0.2) is 15.0 Å². The van der Waals surface area contributed by atoms with E-state index >= 15 is 0 Å². The van der Waals surface area contributed by atoms with Gasteiger partial charge in [0.25, 0.3) is 5.91 Å². The third-order valence-corrected chi connectivity index (χ3v) is 4.88. The van der Waals surface area contributed by atoms with Crippen LogP contribution in [-0.4, -0.2) is 37.3 Å². The Hall–Kier alpha value is -3.38. The lowest BCUT2D eigenvalue weighted by Crippen LogP contribution is -2.30. The van der Waals surface area contributed by atoms with Crippen LogP contribution < -0.4 is 0 Å². The van der Waals surface area contributed by atoms with Gasteiger partial charge < -0.3 is 4.90 Å². The van der Waals surface area contributed by atoms with Gasteiger partial charge in [0, 0.05) is 53.8 Å². The Morgan fingerprint density at radius 3 is 2.52 bits per heavy atom. The summed E-state index contributed by atoms with van der Waals surface area (Å²) in [7, 11) is 0. The molecule has 0 N–H and O–H groups in total. The van der Waals surface area contributed by atoms with Crippen molar-refractivity contribution in [3.63, 3.8) is 0 Å². The molecular weight excluding hydrogens is 386 g/mol. The molecule has 0 saturated heterocycles. The molecule has 0 aliphatic rings. The highest BCUT2D eigenvalue weighted by atomic mass is 35.5. The maximum atomic E-state index is 13.5. The molecule has 0 bridgehead atoms. The van der Waals surface area contributed by atoms with Crippen molar-refractivity contribution in [1.82, 2.24) is 24.8 Å². The van der Waals surface area contributed by atoms with E-state index < -0.39 is 0 Å². The van der Waals surface area contributed by atoms with E-state index in [-0.39, 0.29) is 5.91 Å². The highest BCUT2D eigenvalue weighted by Gasteiger charge is 2.20. The van der Waals surface area contributed by atoms with Crippen molar-refractivity contribution in [2.45, 2.75) is 13.5 Å². The smallest absolute Gasteiger partial charge is 0.254 e. The van der Waals surface area contributed by atoms with E-state index in [1.165, 1.54) is 6.33 Å². The Morgan fingerprint density at radius 1 is 1.03 bits per heavy atom. The second-order valence-corrected chi connectivity index (χ2v) is 6.95. The van der Waals surface area contributed by atoms with E-state index in [0.29, 0.717) is 34.9 Å². The number of carbonyl (C=O) groups is 1. The lowest BCUT2D eigenvalue weighted by Gasteiger charge is -2.22. The summed E-state index contributed by atoms with van der Waals surface area (Å²) in [6, 6.07) is 11.0. The van der Waals surface area contributed by atoms with Crippen molar-refractivity contribution < 1.29 is 4.79 Å². The van der Waals surface area contributed by atoms with Gasteiger partial charge in [0.1, 0.15) is 6.33 Å². The number of fused-ring (bicyclic) bond motifs is 1. The lowest BCUT2D eigenvalue weighted by atomic mass is 10.0. The number of nitrogens with zero attached hydrogens (tertiary/aromatic N) is 5. The van der Waals surface area contributed by atoms with Gasteiger partial charge in [0.15, 0.2) is 0 Å². The van der Waals surface area contributed by atoms with E-state index in [9.17, 15) is 4.79 Å². The number of hydrogen-bond acceptors (Lipinski definition) is 5. The topological polar surface area (TPSA) is 71.9 Å². The summed E-state index contributed by atoms with van der Waals surface area (Å²) in [6.45, 7) is 3.02. The molecule has 0 spiro atoms. The maximum Gasteiger partial charge on any atom is 0.254 e. The van der Waals surface area contributed by atoms with Crippen molar-refractivity contribution >= 4 is 28.4 Å². The van der Waals surface area contributed by atoms with Crippen LogP contribution in [0.15, 0.2) is 67.5 Å². The van der Waals surface area contributed by atoms with Gasteiger partial charge in [-0.15, -0.1) is 0 Å². The summed E-state index contributed by atoms with van der Waals surface area (Å²) >= 11 is 6.22. The monoisotopic (exact) mass is 403 g/mol. The van der Waals surface area contributed by atoms with Crippen LogP contribution in [0.5, 0.6) is 0 Å². The van der Waals surface area contributed by atoms with E-state index in [1.54, 1.807) is 47.9 Å². The molecule has 0 atom stereocenters. The summed E-state index contributed by atoms with van der Waals surface area (Å²) in [5, 5.41) is 1.28. The predicted octanol–water partition coefficient (Wildman–Crippen LogP) is 4.40. The van der Waals surface area contributed by atoms with E-state index in [4.69, 9.17) is 11.6 Å². The van der Waals surface area contributed by atoms with Gasteiger partial charge in [-0.3, -0.25) is 9.78 Å². The average Bonchev–Trinajstić information content (AvgIpc) is 2.77. The highest BCUT2D eigenvalue weighted by molar-refractivity contribution is 6.31. The Kier molecular flexibility index (Phi) is 5.44. The van der Waals surface area contributed by atoms with Crippen LogP contribution in [0.2, 0.25) is 5.02 Å². The van der Waals surface area contributed by atoms with Crippen LogP contribution in [0, 0.1) is 0 Å². The van der Waals surface area contributed by atoms with Crippen LogP contribution in [0.25, 0.3) is 22.2 Å². The molecule has 0 radical (unpaired) electrons. The summed E-state index contributed by atoms with van der Waals surface area (Å²) in [5.74, 6) is -0.0860. The van der Waals surface area contributed by atoms with Gasteiger partial charge in [0.2, 0.25) is 0 Å². The number of carbonyl (C=O) groups excluding carboxylic acids is 1. The number of aromatic nitrogens is 4. The van der Waals surface area contributed by atoms with Crippen molar-refractivity contribution in [3.8, 4) is 11.3 Å². The van der Waals surface area contributed by atoms with Crippen molar-refractivity contribution in [1.29, 1.82) is 0 Å². The van der Waals surface area contributed by atoms with Crippen molar-refractivity contribution in [2.24, 2.45) is 0 Å². The number of rotatable bonds is 5. The Bertz CT molecular complexity index is 1150. The Labute approximate surface area is 173 Å². The van der Waals surface area contributed by atoms with Gasteiger partial charge in [-0.2, -0.15) is 0 Å². The summed E-state index contributed by atoms with van der Waals surface area (Å²) in [5.41, 5.74) is 3.65. The van der Waals surface area contributed by atoms with Crippen molar-refractivity contribution in [2.75, 3.05) is 6.54 Å². The standard InChI is InChI=1S/C22H18ClN5O/c1-2-28(13-15-5-7-24-8-6-15)22(29)19-10-21(16-11-25-14-26-12-16)27-20-4-3-17(23)9-18(19)20/h3-12,14H,2,13H2,1H3. The second kappa shape index (κ2) is 8.32. The first kappa shape index (κ1) is 19.0. The minimum absolute atomic E-state index is 0.0860. The summed E-state index contributed by atoms with van der Waals surface area (Å²) in [4.78, 5) is 32.1. The van der Waals surface area contributed by atoms with Gasteiger partial charge in [0.05, 0.1) is 16.8 Å². The quantitative estimate of drug-likeness (QED) is 0.493. The minimum atomic E-state index is -0.0860. The molecule has 144 valence electrons. The molecule has 3 heterocycles. The molecule has 29 heavy (non-hydrogen) atoms. The van der Waals surface area contributed by atoms with E-state index in [1.807, 2.05) is 25.1 Å². The maximum absolute atomic E-state index is 13.5. The fourth-order valence-corrected chi connectivity index (χ4v) is 3.33. The molecule has 4 rings (SSSR count). The SMILES string of the molecule is CCN(Cc1ccncc1)C(=O)c1cc(-c2cncnc2)nc2ccc(Cl)cc12. The minimum Gasteiger partial charge on any atom is -0.335 e. The lowest BCUT2D eigenvalue weighted by molar-refractivity contribution is 0.0754. The number of hydrogen-bond donors (Lipinski definition) is 0. The third kappa shape index (κ3) is 4.07. The first-order chi connectivity index (χ1) is 14.2. The average molecular weight is 404 g/mol. The number of amides is 1. The molecule has 7 heteroatoms. The molecule has 1 aromatic carbocycles. The fraction of sp³-hybridized carbons (Fsp3) is 0.136. The van der Waals surface area contributed by atoms with Gasteiger partial charge in [-0.1, -0.05) is 11.6 Å².